The van der Waals surface area contributed by atoms with Gasteiger partial charge in [-0.1, -0.05) is 29.8 Å². The highest BCUT2D eigenvalue weighted by Crippen LogP contribution is 2.14. The van der Waals surface area contributed by atoms with Crippen LogP contribution in [0.4, 0.5) is 0 Å². The fourth-order valence-electron chi connectivity index (χ4n) is 2.25. The zero-order chi connectivity index (χ0) is 15.9. The summed E-state index contributed by atoms with van der Waals surface area (Å²) in [6.45, 7) is 3.14. The molecule has 0 atom stereocenters. The molecule has 0 saturated heterocycles. The molecule has 1 aromatic heterocycles. The van der Waals surface area contributed by atoms with Crippen LogP contribution in [-0.2, 0) is 6.54 Å². The highest BCUT2D eigenvalue weighted by atomic mass is 35.5. The largest absolute Gasteiger partial charge is 0.352 e. The van der Waals surface area contributed by atoms with Gasteiger partial charge in [-0.15, -0.1) is 0 Å². The third kappa shape index (κ3) is 4.21. The molecule has 1 N–H and O–H groups in total. The number of nitrogens with zero attached hydrogens (tertiary/aromatic N) is 1. The first-order chi connectivity index (χ1) is 10.6. The summed E-state index contributed by atoms with van der Waals surface area (Å²) >= 11 is 5.98. The van der Waals surface area contributed by atoms with E-state index in [1.807, 2.05) is 13.0 Å². The fraction of sp³-hybridized carbons (Fsp3) is 0.294. The molecular formula is C17H19ClN2O2. The van der Waals surface area contributed by atoms with E-state index in [0.717, 1.165) is 18.5 Å². The van der Waals surface area contributed by atoms with Crippen LogP contribution in [0.3, 0.4) is 0 Å². The third-order valence-corrected chi connectivity index (χ3v) is 3.81. The first kappa shape index (κ1) is 16.3. The van der Waals surface area contributed by atoms with Gasteiger partial charge >= 0.3 is 0 Å². The number of nitrogens with one attached hydrogen (secondary N) is 1. The number of halogens is 1. The third-order valence-electron chi connectivity index (χ3n) is 3.48. The molecule has 0 aliphatic carbocycles. The van der Waals surface area contributed by atoms with Crippen LogP contribution < -0.4 is 10.9 Å². The lowest BCUT2D eigenvalue weighted by Gasteiger charge is -2.10. The number of aromatic nitrogens is 1. The molecule has 0 aliphatic heterocycles. The Morgan fingerprint density at radius 1 is 1.14 bits per heavy atom. The molecule has 116 valence electrons. The van der Waals surface area contributed by atoms with Gasteiger partial charge in [-0.2, -0.15) is 0 Å². The fourth-order valence-corrected chi connectivity index (χ4v) is 2.47. The minimum Gasteiger partial charge on any atom is -0.352 e. The Labute approximate surface area is 134 Å². The Morgan fingerprint density at radius 2 is 1.91 bits per heavy atom. The van der Waals surface area contributed by atoms with E-state index in [1.165, 1.54) is 0 Å². The molecule has 4 nitrogen and oxygen atoms in total. The summed E-state index contributed by atoms with van der Waals surface area (Å²) in [5, 5.41) is 3.29. The smallest absolute Gasteiger partial charge is 0.252 e. The van der Waals surface area contributed by atoms with E-state index in [9.17, 15) is 9.59 Å². The van der Waals surface area contributed by atoms with Crippen LogP contribution in [0.1, 0.15) is 28.9 Å². The SMILES string of the molecule is Cc1cccc(=O)n1CCCCNC(=O)c1ccccc1Cl. The van der Waals surface area contributed by atoms with Crippen LogP contribution in [-0.4, -0.2) is 17.0 Å². The number of pyridine rings is 1. The summed E-state index contributed by atoms with van der Waals surface area (Å²) in [5.74, 6) is -0.168. The molecule has 2 rings (SSSR count). The van der Waals surface area contributed by atoms with Crippen molar-refractivity contribution < 1.29 is 4.79 Å². The Balaban J connectivity index is 1.77. The Hall–Kier alpha value is -2.07. The van der Waals surface area contributed by atoms with Gasteiger partial charge in [0.2, 0.25) is 0 Å². The average Bonchev–Trinajstić information content (AvgIpc) is 2.49. The van der Waals surface area contributed by atoms with Crippen molar-refractivity contribution in [3.8, 4) is 0 Å². The van der Waals surface area contributed by atoms with E-state index in [0.29, 0.717) is 23.7 Å². The van der Waals surface area contributed by atoms with Crippen molar-refractivity contribution in [3.63, 3.8) is 0 Å². The van der Waals surface area contributed by atoms with Gasteiger partial charge in [0, 0.05) is 24.8 Å². The summed E-state index contributed by atoms with van der Waals surface area (Å²) in [5.41, 5.74) is 1.45. The number of hydrogen-bond donors (Lipinski definition) is 1. The zero-order valence-electron chi connectivity index (χ0n) is 12.5. The molecule has 5 heteroatoms. The van der Waals surface area contributed by atoms with Crippen molar-refractivity contribution in [3.05, 3.63) is 69.1 Å². The molecule has 0 aliphatic rings. The van der Waals surface area contributed by atoms with Crippen LogP contribution in [0.5, 0.6) is 0 Å². The highest BCUT2D eigenvalue weighted by molar-refractivity contribution is 6.33. The quantitative estimate of drug-likeness (QED) is 0.832. The molecule has 2 aromatic rings. The molecule has 0 radical (unpaired) electrons. The van der Waals surface area contributed by atoms with Crippen LogP contribution in [0.15, 0.2) is 47.3 Å². The molecule has 1 aromatic carbocycles. The lowest BCUT2D eigenvalue weighted by atomic mass is 10.2. The number of carbonyl (C=O) groups excluding carboxylic acids is 1. The van der Waals surface area contributed by atoms with Gasteiger partial charge in [0.05, 0.1) is 10.6 Å². The van der Waals surface area contributed by atoms with Crippen molar-refractivity contribution >= 4 is 17.5 Å². The minimum absolute atomic E-state index is 0.0140. The summed E-state index contributed by atoms with van der Waals surface area (Å²) in [4.78, 5) is 23.7. The summed E-state index contributed by atoms with van der Waals surface area (Å²) < 4.78 is 1.75. The molecule has 0 unspecified atom stereocenters. The van der Waals surface area contributed by atoms with E-state index in [-0.39, 0.29) is 11.5 Å². The number of rotatable bonds is 6. The van der Waals surface area contributed by atoms with Crippen LogP contribution >= 0.6 is 11.6 Å². The van der Waals surface area contributed by atoms with E-state index in [4.69, 9.17) is 11.6 Å². The predicted molar refractivity (Wildman–Crippen MR) is 88.5 cm³/mol. The van der Waals surface area contributed by atoms with Gasteiger partial charge in [0.1, 0.15) is 0 Å². The van der Waals surface area contributed by atoms with Crippen molar-refractivity contribution in [2.45, 2.75) is 26.3 Å². The molecular weight excluding hydrogens is 300 g/mol. The average molecular weight is 319 g/mol. The van der Waals surface area contributed by atoms with Gasteiger partial charge < -0.3 is 9.88 Å². The van der Waals surface area contributed by atoms with E-state index in [2.05, 4.69) is 5.32 Å². The molecule has 0 fully saturated rings. The lowest BCUT2D eigenvalue weighted by Crippen LogP contribution is -2.25. The molecule has 1 heterocycles. The second-order valence-electron chi connectivity index (χ2n) is 5.10. The lowest BCUT2D eigenvalue weighted by molar-refractivity contribution is 0.0953. The molecule has 0 saturated carbocycles. The number of unbranched alkanes of at least 4 members (excludes halogenated alkanes) is 1. The van der Waals surface area contributed by atoms with Crippen molar-refractivity contribution in [1.82, 2.24) is 9.88 Å². The number of carbonyl (C=O) groups is 1. The topological polar surface area (TPSA) is 51.1 Å². The first-order valence-electron chi connectivity index (χ1n) is 7.29. The molecule has 22 heavy (non-hydrogen) atoms. The Bertz CT molecular complexity index is 710. The molecule has 0 spiro atoms. The normalized spacial score (nSPS) is 10.5. The standard InChI is InChI=1S/C17H19ClN2O2/c1-13-7-6-10-16(21)20(13)12-5-4-11-19-17(22)14-8-2-3-9-15(14)18/h2-3,6-10H,4-5,11-12H2,1H3,(H,19,22). The maximum absolute atomic E-state index is 12.0. The van der Waals surface area contributed by atoms with Crippen molar-refractivity contribution in [2.24, 2.45) is 0 Å². The van der Waals surface area contributed by atoms with Crippen molar-refractivity contribution in [2.75, 3.05) is 6.54 Å². The first-order valence-corrected chi connectivity index (χ1v) is 7.66. The molecule has 1 amide bonds. The zero-order valence-corrected chi connectivity index (χ0v) is 13.3. The van der Waals surface area contributed by atoms with Crippen LogP contribution in [0.2, 0.25) is 5.02 Å². The summed E-state index contributed by atoms with van der Waals surface area (Å²) in [6, 6.07) is 12.2. The monoisotopic (exact) mass is 318 g/mol. The maximum Gasteiger partial charge on any atom is 0.252 e. The van der Waals surface area contributed by atoms with E-state index < -0.39 is 0 Å². The number of amides is 1. The number of aryl methyl sites for hydroxylation is 1. The van der Waals surface area contributed by atoms with E-state index in [1.54, 1.807) is 41.0 Å². The van der Waals surface area contributed by atoms with Gasteiger partial charge in [0.15, 0.2) is 0 Å². The van der Waals surface area contributed by atoms with Gasteiger partial charge in [-0.25, -0.2) is 0 Å². The van der Waals surface area contributed by atoms with Gasteiger partial charge in [0.25, 0.3) is 11.5 Å². The minimum atomic E-state index is -0.168. The molecule has 0 bridgehead atoms. The Morgan fingerprint density at radius 3 is 2.64 bits per heavy atom. The van der Waals surface area contributed by atoms with Gasteiger partial charge in [-0.3, -0.25) is 9.59 Å². The number of hydrogen-bond acceptors (Lipinski definition) is 2. The van der Waals surface area contributed by atoms with E-state index >= 15 is 0 Å². The Kier molecular flexibility index (Phi) is 5.78. The number of benzene rings is 1. The van der Waals surface area contributed by atoms with Crippen LogP contribution in [0.25, 0.3) is 0 Å². The summed E-state index contributed by atoms with van der Waals surface area (Å²) in [6.07, 6.45) is 1.63. The van der Waals surface area contributed by atoms with Gasteiger partial charge in [-0.05, 0) is 38.0 Å². The predicted octanol–water partition coefficient (Wildman–Crippen LogP) is 3.02. The van der Waals surface area contributed by atoms with Crippen molar-refractivity contribution in [1.29, 1.82) is 0 Å². The highest BCUT2D eigenvalue weighted by Gasteiger charge is 2.08. The van der Waals surface area contributed by atoms with Crippen LogP contribution in [0, 0.1) is 6.92 Å². The second-order valence-corrected chi connectivity index (χ2v) is 5.51. The second kappa shape index (κ2) is 7.80. The maximum atomic E-state index is 12.0. The summed E-state index contributed by atoms with van der Waals surface area (Å²) in [7, 11) is 0.